The molecule has 4 heteroatoms. The number of nitrogens with zero attached hydrogens (tertiary/aromatic N) is 1. The Balaban J connectivity index is 1.95. The van der Waals surface area contributed by atoms with Gasteiger partial charge in [-0.25, -0.2) is 4.98 Å². The van der Waals surface area contributed by atoms with Gasteiger partial charge in [-0.2, -0.15) is 0 Å². The number of hydrogen-bond donors (Lipinski definition) is 2. The van der Waals surface area contributed by atoms with Gasteiger partial charge in [0.2, 0.25) is 0 Å². The van der Waals surface area contributed by atoms with Gasteiger partial charge < -0.3 is 14.8 Å². The van der Waals surface area contributed by atoms with Crippen LogP contribution in [-0.2, 0) is 6.42 Å². The molecule has 0 radical (unpaired) electrons. The van der Waals surface area contributed by atoms with E-state index in [0.29, 0.717) is 17.4 Å². The van der Waals surface area contributed by atoms with Gasteiger partial charge in [-0.05, 0) is 43.5 Å². The Morgan fingerprint density at radius 3 is 3.18 bits per heavy atom. The zero-order valence-electron chi connectivity index (χ0n) is 9.86. The van der Waals surface area contributed by atoms with Gasteiger partial charge in [0, 0.05) is 6.92 Å². The molecule has 3 rings (SSSR count). The van der Waals surface area contributed by atoms with Crippen molar-refractivity contribution in [2.45, 2.75) is 19.8 Å². The van der Waals surface area contributed by atoms with E-state index in [2.05, 4.69) is 10.3 Å². The van der Waals surface area contributed by atoms with Crippen molar-refractivity contribution in [2.75, 3.05) is 13.1 Å². The van der Waals surface area contributed by atoms with E-state index < -0.39 is 0 Å². The van der Waals surface area contributed by atoms with E-state index in [4.69, 9.17) is 4.42 Å². The molecule has 1 fully saturated rings. The fourth-order valence-electron chi connectivity index (χ4n) is 2.49. The average molecular weight is 232 g/mol. The van der Waals surface area contributed by atoms with Gasteiger partial charge >= 0.3 is 0 Å². The van der Waals surface area contributed by atoms with E-state index in [1.807, 2.05) is 12.1 Å². The first kappa shape index (κ1) is 10.6. The first-order chi connectivity index (χ1) is 8.24. The Kier molecular flexibility index (Phi) is 2.52. The van der Waals surface area contributed by atoms with E-state index >= 15 is 0 Å². The van der Waals surface area contributed by atoms with Crippen molar-refractivity contribution in [3.63, 3.8) is 0 Å². The van der Waals surface area contributed by atoms with Crippen LogP contribution in [0.25, 0.3) is 11.1 Å². The molecule has 1 saturated heterocycles. The summed E-state index contributed by atoms with van der Waals surface area (Å²) in [5.41, 5.74) is 2.21. The highest BCUT2D eigenvalue weighted by molar-refractivity contribution is 5.80. The molecule has 1 unspecified atom stereocenters. The molecule has 1 aromatic heterocycles. The first-order valence-electron chi connectivity index (χ1n) is 6.03. The molecule has 1 atom stereocenters. The second-order valence-corrected chi connectivity index (χ2v) is 4.72. The van der Waals surface area contributed by atoms with Crippen LogP contribution in [0.4, 0.5) is 0 Å². The minimum Gasteiger partial charge on any atom is -0.504 e. The maximum Gasteiger partial charge on any atom is 0.196 e. The molecule has 0 aliphatic carbocycles. The molecule has 90 valence electrons. The summed E-state index contributed by atoms with van der Waals surface area (Å²) in [6.07, 6.45) is 2.07. The zero-order valence-corrected chi connectivity index (χ0v) is 9.86. The molecule has 4 nitrogen and oxygen atoms in total. The monoisotopic (exact) mass is 232 g/mol. The first-order valence-corrected chi connectivity index (χ1v) is 6.03. The largest absolute Gasteiger partial charge is 0.504 e. The minimum atomic E-state index is 0.259. The number of hydrogen-bond acceptors (Lipinski definition) is 4. The third kappa shape index (κ3) is 1.89. The quantitative estimate of drug-likeness (QED) is 0.831. The summed E-state index contributed by atoms with van der Waals surface area (Å²) in [5.74, 6) is 1.47. The molecule has 1 aliphatic rings. The van der Waals surface area contributed by atoms with E-state index in [9.17, 15) is 5.11 Å². The van der Waals surface area contributed by atoms with Crippen molar-refractivity contribution >= 4 is 11.1 Å². The van der Waals surface area contributed by atoms with E-state index in [0.717, 1.165) is 30.6 Å². The summed E-state index contributed by atoms with van der Waals surface area (Å²) in [6, 6.07) is 3.88. The third-order valence-electron chi connectivity index (χ3n) is 3.39. The second kappa shape index (κ2) is 4.04. The fourth-order valence-corrected chi connectivity index (χ4v) is 2.49. The molecule has 0 spiro atoms. The number of oxazole rings is 1. The van der Waals surface area contributed by atoms with Crippen LogP contribution in [0, 0.1) is 12.8 Å². The summed E-state index contributed by atoms with van der Waals surface area (Å²) < 4.78 is 5.43. The lowest BCUT2D eigenvalue weighted by Crippen LogP contribution is -2.10. The summed E-state index contributed by atoms with van der Waals surface area (Å²) >= 11 is 0. The molecular formula is C13H16N2O2. The van der Waals surface area contributed by atoms with Crippen LogP contribution >= 0.6 is 0 Å². The van der Waals surface area contributed by atoms with Crippen molar-refractivity contribution in [1.82, 2.24) is 10.3 Å². The Morgan fingerprint density at radius 1 is 1.53 bits per heavy atom. The predicted molar refractivity (Wildman–Crippen MR) is 65.1 cm³/mol. The zero-order chi connectivity index (χ0) is 11.8. The maximum absolute atomic E-state index is 10.2. The number of phenolic OH excluding ortho intramolecular Hbond substituents is 1. The number of rotatable bonds is 2. The molecule has 2 N–H and O–H groups in total. The van der Waals surface area contributed by atoms with Crippen LogP contribution in [0.2, 0.25) is 0 Å². The van der Waals surface area contributed by atoms with Crippen LogP contribution in [0.15, 0.2) is 16.5 Å². The van der Waals surface area contributed by atoms with E-state index in [1.165, 1.54) is 6.42 Å². The standard InChI is InChI=1S/C13H16N2O2/c1-8-15-11-3-2-10(12(16)13(11)17-8)6-9-4-5-14-7-9/h2-3,9,14,16H,4-7H2,1H3. The number of fused-ring (bicyclic) bond motifs is 1. The Labute approximate surface area is 99.7 Å². The van der Waals surface area contributed by atoms with Crippen LogP contribution in [-0.4, -0.2) is 23.2 Å². The molecule has 0 bridgehead atoms. The summed E-state index contributed by atoms with van der Waals surface area (Å²) in [4.78, 5) is 4.21. The number of phenols is 1. The Bertz CT molecular complexity index is 542. The molecular weight excluding hydrogens is 216 g/mol. The number of aryl methyl sites for hydroxylation is 1. The molecule has 17 heavy (non-hydrogen) atoms. The van der Waals surface area contributed by atoms with Crippen LogP contribution in [0.1, 0.15) is 17.9 Å². The van der Waals surface area contributed by atoms with E-state index in [1.54, 1.807) is 6.92 Å². The molecule has 2 heterocycles. The topological polar surface area (TPSA) is 58.3 Å². The number of nitrogens with one attached hydrogen (secondary N) is 1. The second-order valence-electron chi connectivity index (χ2n) is 4.72. The number of aromatic hydroxyl groups is 1. The summed E-state index contributed by atoms with van der Waals surface area (Å²) in [5, 5.41) is 13.5. The molecule has 0 saturated carbocycles. The number of benzene rings is 1. The Hall–Kier alpha value is -1.55. The lowest BCUT2D eigenvalue weighted by Gasteiger charge is -2.09. The molecule has 0 amide bonds. The highest BCUT2D eigenvalue weighted by atomic mass is 16.4. The molecule has 1 aliphatic heterocycles. The van der Waals surface area contributed by atoms with Gasteiger partial charge in [-0.15, -0.1) is 0 Å². The van der Waals surface area contributed by atoms with Gasteiger partial charge in [-0.3, -0.25) is 0 Å². The van der Waals surface area contributed by atoms with Crippen LogP contribution in [0.3, 0.4) is 0 Å². The highest BCUT2D eigenvalue weighted by Crippen LogP contribution is 2.31. The van der Waals surface area contributed by atoms with Crippen LogP contribution in [0.5, 0.6) is 5.75 Å². The average Bonchev–Trinajstić information content (AvgIpc) is 2.91. The summed E-state index contributed by atoms with van der Waals surface area (Å²) in [6.45, 7) is 3.90. The molecule has 1 aromatic carbocycles. The highest BCUT2D eigenvalue weighted by Gasteiger charge is 2.18. The van der Waals surface area contributed by atoms with Gasteiger partial charge in [0.05, 0.1) is 0 Å². The van der Waals surface area contributed by atoms with Crippen molar-refractivity contribution in [1.29, 1.82) is 0 Å². The maximum atomic E-state index is 10.2. The van der Waals surface area contributed by atoms with Crippen molar-refractivity contribution in [3.05, 3.63) is 23.6 Å². The minimum absolute atomic E-state index is 0.259. The summed E-state index contributed by atoms with van der Waals surface area (Å²) in [7, 11) is 0. The van der Waals surface area contributed by atoms with Crippen molar-refractivity contribution < 1.29 is 9.52 Å². The fraction of sp³-hybridized carbons (Fsp3) is 0.462. The SMILES string of the molecule is Cc1nc2ccc(CC3CCNC3)c(O)c2o1. The van der Waals surface area contributed by atoms with Gasteiger partial charge in [-0.1, -0.05) is 6.07 Å². The van der Waals surface area contributed by atoms with E-state index in [-0.39, 0.29) is 5.75 Å². The van der Waals surface area contributed by atoms with Gasteiger partial charge in [0.15, 0.2) is 17.2 Å². The lowest BCUT2D eigenvalue weighted by molar-refractivity contribution is 0.446. The van der Waals surface area contributed by atoms with Crippen molar-refractivity contribution in [2.24, 2.45) is 5.92 Å². The third-order valence-corrected chi connectivity index (χ3v) is 3.39. The number of aromatic nitrogens is 1. The smallest absolute Gasteiger partial charge is 0.196 e. The van der Waals surface area contributed by atoms with Crippen LogP contribution < -0.4 is 5.32 Å². The normalized spacial score (nSPS) is 20.2. The van der Waals surface area contributed by atoms with Crippen molar-refractivity contribution in [3.8, 4) is 5.75 Å². The van der Waals surface area contributed by atoms with Gasteiger partial charge in [0.25, 0.3) is 0 Å². The predicted octanol–water partition coefficient (Wildman–Crippen LogP) is 1.99. The Morgan fingerprint density at radius 2 is 2.41 bits per heavy atom. The lowest BCUT2D eigenvalue weighted by atomic mass is 9.98. The van der Waals surface area contributed by atoms with Gasteiger partial charge in [0.1, 0.15) is 5.52 Å². The molecule has 2 aromatic rings.